The maximum absolute atomic E-state index is 14.2. The third kappa shape index (κ3) is 2.22. The Hall–Kier alpha value is -2.83. The summed E-state index contributed by atoms with van der Waals surface area (Å²) in [5.74, 6) is 0.113. The third-order valence-corrected chi connectivity index (χ3v) is 3.11. The van der Waals surface area contributed by atoms with Gasteiger partial charge in [-0.05, 0) is 12.1 Å². The van der Waals surface area contributed by atoms with Crippen LogP contribution >= 0.6 is 0 Å². The van der Waals surface area contributed by atoms with Gasteiger partial charge in [-0.3, -0.25) is 4.79 Å². The first-order chi connectivity index (χ1) is 10.1. The van der Waals surface area contributed by atoms with Crippen molar-refractivity contribution in [3.05, 3.63) is 47.0 Å². The average Bonchev–Trinajstić information content (AvgIpc) is 2.51. The van der Waals surface area contributed by atoms with Crippen LogP contribution in [0.4, 0.5) is 4.39 Å². The van der Waals surface area contributed by atoms with E-state index in [-0.39, 0.29) is 22.3 Å². The van der Waals surface area contributed by atoms with Crippen LogP contribution in [-0.4, -0.2) is 26.6 Å². The third-order valence-electron chi connectivity index (χ3n) is 3.11. The standard InChI is InChI=1S/C14H11FN4O2/c1-19-7-18-12-4-9(11(15)3-10(12)14(19)20)13-16-5-8(21-2)6-17-13/h3-7H,1-2H3. The number of fused-ring (bicyclic) bond motifs is 1. The predicted octanol–water partition coefficient (Wildman–Crippen LogP) is 1.54. The molecule has 0 atom stereocenters. The van der Waals surface area contributed by atoms with E-state index in [1.807, 2.05) is 0 Å². The van der Waals surface area contributed by atoms with E-state index < -0.39 is 5.82 Å². The summed E-state index contributed by atoms with van der Waals surface area (Å²) in [6.07, 6.45) is 4.29. The molecule has 6 nitrogen and oxygen atoms in total. The molecule has 0 saturated heterocycles. The molecule has 3 rings (SSSR count). The summed E-state index contributed by atoms with van der Waals surface area (Å²) in [6.45, 7) is 0. The molecule has 7 heteroatoms. The highest BCUT2D eigenvalue weighted by atomic mass is 19.1. The van der Waals surface area contributed by atoms with Crippen LogP contribution in [0.3, 0.4) is 0 Å². The van der Waals surface area contributed by atoms with Gasteiger partial charge in [0.15, 0.2) is 11.6 Å². The van der Waals surface area contributed by atoms with E-state index in [2.05, 4.69) is 15.0 Å². The monoisotopic (exact) mass is 286 g/mol. The fraction of sp³-hybridized carbons (Fsp3) is 0.143. The van der Waals surface area contributed by atoms with Crippen LogP contribution in [0.15, 0.2) is 35.6 Å². The first-order valence-corrected chi connectivity index (χ1v) is 6.11. The Labute approximate surface area is 118 Å². The van der Waals surface area contributed by atoms with Crippen LogP contribution in [0.2, 0.25) is 0 Å². The van der Waals surface area contributed by atoms with Crippen LogP contribution in [0.25, 0.3) is 22.3 Å². The molecule has 0 unspecified atom stereocenters. The molecular weight excluding hydrogens is 275 g/mol. The van der Waals surface area contributed by atoms with Gasteiger partial charge in [-0.15, -0.1) is 0 Å². The molecule has 21 heavy (non-hydrogen) atoms. The van der Waals surface area contributed by atoms with Crippen molar-refractivity contribution in [2.24, 2.45) is 7.05 Å². The fourth-order valence-corrected chi connectivity index (χ4v) is 1.96. The number of benzene rings is 1. The molecule has 0 bridgehead atoms. The van der Waals surface area contributed by atoms with Gasteiger partial charge in [-0.25, -0.2) is 19.3 Å². The van der Waals surface area contributed by atoms with Crippen molar-refractivity contribution in [2.45, 2.75) is 0 Å². The van der Waals surface area contributed by atoms with Crippen LogP contribution in [-0.2, 0) is 7.05 Å². The van der Waals surface area contributed by atoms with Gasteiger partial charge in [-0.2, -0.15) is 0 Å². The number of aromatic nitrogens is 4. The molecule has 0 saturated carbocycles. The lowest BCUT2D eigenvalue weighted by molar-refractivity contribution is 0.411. The van der Waals surface area contributed by atoms with E-state index in [9.17, 15) is 9.18 Å². The van der Waals surface area contributed by atoms with E-state index in [0.717, 1.165) is 6.07 Å². The van der Waals surface area contributed by atoms with E-state index in [1.54, 1.807) is 7.05 Å². The molecule has 1 aromatic carbocycles. The summed E-state index contributed by atoms with van der Waals surface area (Å²) in [5.41, 5.74) is 0.279. The zero-order valence-electron chi connectivity index (χ0n) is 11.4. The number of methoxy groups -OCH3 is 1. The largest absolute Gasteiger partial charge is 0.494 e. The normalized spacial score (nSPS) is 10.8. The van der Waals surface area contributed by atoms with Gasteiger partial charge in [0.1, 0.15) is 5.82 Å². The Morgan fingerprint density at radius 1 is 1.19 bits per heavy atom. The minimum Gasteiger partial charge on any atom is -0.494 e. The van der Waals surface area contributed by atoms with Gasteiger partial charge in [-0.1, -0.05) is 0 Å². The van der Waals surface area contributed by atoms with E-state index >= 15 is 0 Å². The van der Waals surface area contributed by atoms with Crippen molar-refractivity contribution in [3.8, 4) is 17.1 Å². The SMILES string of the molecule is COc1cnc(-c2cc3ncn(C)c(=O)c3cc2F)nc1. The highest BCUT2D eigenvalue weighted by molar-refractivity contribution is 5.82. The number of hydrogen-bond acceptors (Lipinski definition) is 5. The van der Waals surface area contributed by atoms with Crippen molar-refractivity contribution in [3.63, 3.8) is 0 Å². The lowest BCUT2D eigenvalue weighted by Gasteiger charge is -2.06. The Balaban J connectivity index is 2.21. The Morgan fingerprint density at radius 2 is 1.90 bits per heavy atom. The molecule has 3 aromatic rings. The van der Waals surface area contributed by atoms with Crippen LogP contribution < -0.4 is 10.3 Å². The molecular formula is C14H11FN4O2. The summed E-state index contributed by atoms with van der Waals surface area (Å²) in [5, 5.41) is 0.217. The first kappa shape index (κ1) is 13.2. The van der Waals surface area contributed by atoms with Crippen LogP contribution in [0, 0.1) is 5.82 Å². The van der Waals surface area contributed by atoms with Crippen molar-refractivity contribution in [1.29, 1.82) is 0 Å². The van der Waals surface area contributed by atoms with Crippen LogP contribution in [0.5, 0.6) is 5.75 Å². The van der Waals surface area contributed by atoms with E-state index in [0.29, 0.717) is 11.3 Å². The molecule has 106 valence electrons. The summed E-state index contributed by atoms with van der Waals surface area (Å²) in [7, 11) is 3.06. The second kappa shape index (κ2) is 4.93. The molecule has 0 N–H and O–H groups in total. The zero-order valence-corrected chi connectivity index (χ0v) is 11.4. The summed E-state index contributed by atoms with van der Waals surface area (Å²) in [4.78, 5) is 24.1. The van der Waals surface area contributed by atoms with Crippen LogP contribution in [0.1, 0.15) is 0 Å². The molecule has 2 heterocycles. The quantitative estimate of drug-likeness (QED) is 0.714. The molecule has 0 spiro atoms. The number of aryl methyl sites for hydroxylation is 1. The Kier molecular flexibility index (Phi) is 3.09. The maximum atomic E-state index is 14.2. The minimum absolute atomic E-state index is 0.186. The highest BCUT2D eigenvalue weighted by Gasteiger charge is 2.12. The number of nitrogens with zero attached hydrogens (tertiary/aromatic N) is 4. The van der Waals surface area contributed by atoms with Crippen molar-refractivity contribution < 1.29 is 9.13 Å². The molecule has 0 aliphatic rings. The Morgan fingerprint density at radius 3 is 2.57 bits per heavy atom. The highest BCUT2D eigenvalue weighted by Crippen LogP contribution is 2.23. The van der Waals surface area contributed by atoms with Gasteiger partial charge >= 0.3 is 0 Å². The van der Waals surface area contributed by atoms with Gasteiger partial charge in [0.2, 0.25) is 0 Å². The zero-order chi connectivity index (χ0) is 15.0. The van der Waals surface area contributed by atoms with Gasteiger partial charge in [0.05, 0.1) is 42.3 Å². The van der Waals surface area contributed by atoms with Crippen molar-refractivity contribution in [2.75, 3.05) is 7.11 Å². The number of rotatable bonds is 2. The smallest absolute Gasteiger partial charge is 0.261 e. The van der Waals surface area contributed by atoms with Gasteiger partial charge in [0.25, 0.3) is 5.56 Å². The summed E-state index contributed by atoms with van der Waals surface area (Å²) < 4.78 is 20.5. The average molecular weight is 286 g/mol. The summed E-state index contributed by atoms with van der Waals surface area (Å²) >= 11 is 0. The summed E-state index contributed by atoms with van der Waals surface area (Å²) in [6, 6.07) is 2.63. The molecule has 0 fully saturated rings. The minimum atomic E-state index is -0.572. The maximum Gasteiger partial charge on any atom is 0.261 e. The second-order valence-corrected chi connectivity index (χ2v) is 4.46. The van der Waals surface area contributed by atoms with E-state index in [1.165, 1.54) is 36.5 Å². The number of ether oxygens (including phenoxy) is 1. The fourth-order valence-electron chi connectivity index (χ4n) is 1.96. The molecule has 2 aromatic heterocycles. The van der Waals surface area contributed by atoms with Crippen molar-refractivity contribution in [1.82, 2.24) is 19.5 Å². The lowest BCUT2D eigenvalue weighted by atomic mass is 10.1. The Bertz CT molecular complexity index is 875. The first-order valence-electron chi connectivity index (χ1n) is 6.11. The topological polar surface area (TPSA) is 69.9 Å². The molecule has 0 aliphatic heterocycles. The molecule has 0 radical (unpaired) electrons. The van der Waals surface area contributed by atoms with Crippen molar-refractivity contribution >= 4 is 10.9 Å². The number of hydrogen-bond donors (Lipinski definition) is 0. The van der Waals surface area contributed by atoms with E-state index in [4.69, 9.17) is 4.74 Å². The second-order valence-electron chi connectivity index (χ2n) is 4.46. The predicted molar refractivity (Wildman–Crippen MR) is 74.5 cm³/mol. The lowest BCUT2D eigenvalue weighted by Crippen LogP contribution is -2.17. The van der Waals surface area contributed by atoms with Gasteiger partial charge in [0, 0.05) is 7.05 Å². The molecule has 0 aliphatic carbocycles. The number of halogens is 1. The molecule has 0 amide bonds. The van der Waals surface area contributed by atoms with Gasteiger partial charge < -0.3 is 9.30 Å².